The number of nitrogens with zero attached hydrogens (tertiary/aromatic N) is 4. The normalized spacial score (nSPS) is 16.0. The van der Waals surface area contributed by atoms with E-state index in [4.69, 9.17) is 0 Å². The van der Waals surface area contributed by atoms with E-state index in [1.54, 1.807) is 16.2 Å². The highest BCUT2D eigenvalue weighted by atomic mass is 32.1. The van der Waals surface area contributed by atoms with Gasteiger partial charge >= 0.3 is 0 Å². The van der Waals surface area contributed by atoms with E-state index in [-0.39, 0.29) is 5.91 Å². The first-order valence-corrected chi connectivity index (χ1v) is 8.32. The molecule has 4 rings (SSSR count). The van der Waals surface area contributed by atoms with Crippen LogP contribution in [0.3, 0.4) is 0 Å². The number of carbonyl (C=O) groups excluding carboxylic acids is 1. The largest absolute Gasteiger partial charge is 0.333 e. The highest BCUT2D eigenvalue weighted by Crippen LogP contribution is 2.31. The molecule has 110 valence electrons. The average molecular weight is 302 g/mol. The molecule has 0 fully saturated rings. The van der Waals surface area contributed by atoms with Gasteiger partial charge in [0.15, 0.2) is 5.82 Å². The molecule has 5 nitrogen and oxygen atoms in total. The first kappa shape index (κ1) is 13.0. The van der Waals surface area contributed by atoms with Crippen LogP contribution in [0.1, 0.15) is 44.6 Å². The standard InChI is InChI=1S/C15H18N4OS/c1-18(9-14-17-16-13-6-3-7-19(13)14)15(20)12-8-10-4-2-5-11(10)21-12/h8H,2-7,9H2,1H3. The molecular weight excluding hydrogens is 284 g/mol. The molecule has 0 bridgehead atoms. The number of hydrogen-bond donors (Lipinski definition) is 0. The summed E-state index contributed by atoms with van der Waals surface area (Å²) in [4.78, 5) is 16.6. The molecule has 0 atom stereocenters. The van der Waals surface area contributed by atoms with Gasteiger partial charge in [-0.15, -0.1) is 21.5 Å². The second kappa shape index (κ2) is 4.94. The summed E-state index contributed by atoms with van der Waals surface area (Å²) in [7, 11) is 1.85. The van der Waals surface area contributed by atoms with Crippen molar-refractivity contribution in [3.05, 3.63) is 33.0 Å². The van der Waals surface area contributed by atoms with E-state index in [1.165, 1.54) is 16.9 Å². The van der Waals surface area contributed by atoms with Crippen LogP contribution in [0, 0.1) is 0 Å². The second-order valence-electron chi connectivity index (χ2n) is 5.86. The lowest BCUT2D eigenvalue weighted by molar-refractivity contribution is 0.0784. The van der Waals surface area contributed by atoms with Gasteiger partial charge < -0.3 is 9.47 Å². The van der Waals surface area contributed by atoms with Crippen LogP contribution >= 0.6 is 11.3 Å². The third-order valence-corrected chi connectivity index (χ3v) is 5.59. The smallest absolute Gasteiger partial charge is 0.264 e. The predicted molar refractivity (Wildman–Crippen MR) is 80.5 cm³/mol. The van der Waals surface area contributed by atoms with Gasteiger partial charge in [-0.25, -0.2) is 0 Å². The first-order valence-electron chi connectivity index (χ1n) is 7.50. The molecule has 0 saturated heterocycles. The molecule has 0 N–H and O–H groups in total. The molecule has 0 saturated carbocycles. The van der Waals surface area contributed by atoms with Crippen LogP contribution in [0.4, 0.5) is 0 Å². The minimum Gasteiger partial charge on any atom is -0.333 e. The quantitative estimate of drug-likeness (QED) is 0.872. The summed E-state index contributed by atoms with van der Waals surface area (Å²) in [6, 6.07) is 2.08. The number of aromatic nitrogens is 3. The molecule has 2 aromatic rings. The van der Waals surface area contributed by atoms with Crippen molar-refractivity contribution in [2.24, 2.45) is 0 Å². The van der Waals surface area contributed by atoms with Gasteiger partial charge in [0.1, 0.15) is 5.82 Å². The fraction of sp³-hybridized carbons (Fsp3) is 0.533. The lowest BCUT2D eigenvalue weighted by atomic mass is 10.2. The maximum absolute atomic E-state index is 12.6. The number of fused-ring (bicyclic) bond motifs is 2. The van der Waals surface area contributed by atoms with Crippen LogP contribution in [-0.4, -0.2) is 32.6 Å². The van der Waals surface area contributed by atoms with Gasteiger partial charge in [-0.3, -0.25) is 4.79 Å². The summed E-state index contributed by atoms with van der Waals surface area (Å²) in [6.07, 6.45) is 5.63. The molecule has 2 aromatic heterocycles. The van der Waals surface area contributed by atoms with Crippen LogP contribution in [0.5, 0.6) is 0 Å². The topological polar surface area (TPSA) is 51.0 Å². The Bertz CT molecular complexity index is 681. The molecule has 21 heavy (non-hydrogen) atoms. The summed E-state index contributed by atoms with van der Waals surface area (Å²) in [5, 5.41) is 8.43. The van der Waals surface area contributed by atoms with E-state index in [0.29, 0.717) is 6.54 Å². The van der Waals surface area contributed by atoms with Crippen LogP contribution in [0.15, 0.2) is 6.07 Å². The SMILES string of the molecule is CN(Cc1nnc2n1CCC2)C(=O)c1cc2c(s1)CCC2. The zero-order chi connectivity index (χ0) is 14.4. The zero-order valence-corrected chi connectivity index (χ0v) is 12.9. The van der Waals surface area contributed by atoms with Gasteiger partial charge in [0.2, 0.25) is 0 Å². The van der Waals surface area contributed by atoms with Crippen molar-refractivity contribution < 1.29 is 4.79 Å². The molecule has 6 heteroatoms. The van der Waals surface area contributed by atoms with Crippen molar-refractivity contribution in [2.45, 2.75) is 45.2 Å². The molecule has 0 aromatic carbocycles. The number of amides is 1. The Labute approximate surface area is 127 Å². The van der Waals surface area contributed by atoms with Crippen LogP contribution in [0.2, 0.25) is 0 Å². The summed E-state index contributed by atoms with van der Waals surface area (Å²) in [6.45, 7) is 1.52. The third-order valence-electron chi connectivity index (χ3n) is 4.37. The fourth-order valence-corrected chi connectivity index (χ4v) is 4.48. The van der Waals surface area contributed by atoms with Crippen molar-refractivity contribution >= 4 is 17.2 Å². The first-order chi connectivity index (χ1) is 10.2. The summed E-state index contributed by atoms with van der Waals surface area (Å²) < 4.78 is 2.15. The number of thiophene rings is 1. The summed E-state index contributed by atoms with van der Waals surface area (Å²) in [5.74, 6) is 2.06. The predicted octanol–water partition coefficient (Wildman–Crippen LogP) is 2.05. The van der Waals surface area contributed by atoms with Crippen molar-refractivity contribution in [1.29, 1.82) is 0 Å². The Balaban J connectivity index is 1.51. The molecular formula is C15H18N4OS. The number of rotatable bonds is 3. The number of aryl methyl sites for hydroxylation is 3. The molecule has 3 heterocycles. The van der Waals surface area contributed by atoms with E-state index in [1.807, 2.05) is 7.05 Å². The Morgan fingerprint density at radius 3 is 3.10 bits per heavy atom. The maximum atomic E-state index is 12.6. The number of hydrogen-bond acceptors (Lipinski definition) is 4. The molecule has 0 spiro atoms. The minimum atomic E-state index is 0.102. The van der Waals surface area contributed by atoms with Gasteiger partial charge in [0, 0.05) is 24.9 Å². The van der Waals surface area contributed by atoms with Gasteiger partial charge in [-0.05, 0) is 37.3 Å². The van der Waals surface area contributed by atoms with Gasteiger partial charge in [-0.1, -0.05) is 0 Å². The van der Waals surface area contributed by atoms with Gasteiger partial charge in [-0.2, -0.15) is 0 Å². The third kappa shape index (κ3) is 2.18. The Hall–Kier alpha value is -1.69. The Morgan fingerprint density at radius 1 is 1.33 bits per heavy atom. The summed E-state index contributed by atoms with van der Waals surface area (Å²) >= 11 is 1.66. The van der Waals surface area contributed by atoms with Crippen molar-refractivity contribution in [3.63, 3.8) is 0 Å². The lowest BCUT2D eigenvalue weighted by Crippen LogP contribution is -2.27. The summed E-state index contributed by atoms with van der Waals surface area (Å²) in [5.41, 5.74) is 1.38. The van der Waals surface area contributed by atoms with Crippen molar-refractivity contribution in [1.82, 2.24) is 19.7 Å². The lowest BCUT2D eigenvalue weighted by Gasteiger charge is -2.15. The highest BCUT2D eigenvalue weighted by molar-refractivity contribution is 7.14. The molecule has 0 radical (unpaired) electrons. The van der Waals surface area contributed by atoms with E-state index in [9.17, 15) is 4.79 Å². The molecule has 1 aliphatic heterocycles. The molecule has 1 amide bonds. The second-order valence-corrected chi connectivity index (χ2v) is 7.00. The van der Waals surface area contributed by atoms with Gasteiger partial charge in [0.25, 0.3) is 5.91 Å². The maximum Gasteiger partial charge on any atom is 0.264 e. The molecule has 2 aliphatic rings. The Kier molecular flexibility index (Phi) is 3.06. The monoisotopic (exact) mass is 302 g/mol. The van der Waals surface area contributed by atoms with Gasteiger partial charge in [0.05, 0.1) is 11.4 Å². The average Bonchev–Trinajstić information content (AvgIpc) is 3.18. The van der Waals surface area contributed by atoms with Crippen LogP contribution in [0.25, 0.3) is 0 Å². The zero-order valence-electron chi connectivity index (χ0n) is 12.1. The van der Waals surface area contributed by atoms with E-state index < -0.39 is 0 Å². The minimum absolute atomic E-state index is 0.102. The van der Waals surface area contributed by atoms with Crippen molar-refractivity contribution in [3.8, 4) is 0 Å². The molecule has 0 unspecified atom stereocenters. The van der Waals surface area contributed by atoms with Crippen LogP contribution < -0.4 is 0 Å². The van der Waals surface area contributed by atoms with E-state index in [0.717, 1.165) is 48.8 Å². The number of carbonyl (C=O) groups is 1. The van der Waals surface area contributed by atoms with E-state index >= 15 is 0 Å². The van der Waals surface area contributed by atoms with Crippen LogP contribution in [-0.2, 0) is 32.4 Å². The Morgan fingerprint density at radius 2 is 2.24 bits per heavy atom. The molecule has 1 aliphatic carbocycles. The van der Waals surface area contributed by atoms with Crippen molar-refractivity contribution in [2.75, 3.05) is 7.05 Å². The van der Waals surface area contributed by atoms with E-state index in [2.05, 4.69) is 20.8 Å². The fourth-order valence-electron chi connectivity index (χ4n) is 3.23. The highest BCUT2D eigenvalue weighted by Gasteiger charge is 2.23.